The molecule has 0 unspecified atom stereocenters. The van der Waals surface area contributed by atoms with Gasteiger partial charge in [0.25, 0.3) is 0 Å². The summed E-state index contributed by atoms with van der Waals surface area (Å²) in [5.41, 5.74) is 1.37. The smallest absolute Gasteiger partial charge is 0.217 e. The summed E-state index contributed by atoms with van der Waals surface area (Å²) in [6.07, 6.45) is 3.91. The average molecular weight is 417 g/mol. The van der Waals surface area contributed by atoms with Gasteiger partial charge in [0.05, 0.1) is 24.9 Å². The van der Waals surface area contributed by atoms with Crippen LogP contribution in [-0.2, 0) is 9.53 Å². The van der Waals surface area contributed by atoms with Crippen molar-refractivity contribution in [1.29, 1.82) is 0 Å². The Hall–Kier alpha value is -2.09. The maximum atomic E-state index is 11.6. The molecule has 1 spiro atoms. The molecule has 0 bridgehead atoms. The number of fused-ring (bicyclic) bond motifs is 1. The van der Waals surface area contributed by atoms with Gasteiger partial charge >= 0.3 is 0 Å². The van der Waals surface area contributed by atoms with E-state index in [1.165, 1.54) is 12.5 Å². The topological polar surface area (TPSA) is 80.3 Å². The number of ether oxygens (including phenoxy) is 3. The molecule has 3 aliphatic rings. The van der Waals surface area contributed by atoms with Crippen LogP contribution in [0.3, 0.4) is 0 Å². The summed E-state index contributed by atoms with van der Waals surface area (Å²) in [5.74, 6) is 1.60. The Morgan fingerprint density at radius 1 is 1.37 bits per heavy atom. The lowest BCUT2D eigenvalue weighted by Crippen LogP contribution is -2.65. The molecule has 2 atom stereocenters. The van der Waals surface area contributed by atoms with E-state index in [-0.39, 0.29) is 18.1 Å². The van der Waals surface area contributed by atoms with Gasteiger partial charge in [0.15, 0.2) is 0 Å². The van der Waals surface area contributed by atoms with Crippen molar-refractivity contribution in [3.63, 3.8) is 0 Å². The van der Waals surface area contributed by atoms with Gasteiger partial charge in [0, 0.05) is 38.5 Å². The highest BCUT2D eigenvalue weighted by atomic mass is 16.5. The molecule has 4 rings (SSSR count). The van der Waals surface area contributed by atoms with Crippen molar-refractivity contribution < 1.29 is 24.1 Å². The number of carbonyl (C=O) groups is 1. The molecule has 3 heterocycles. The number of piperidine rings is 1. The van der Waals surface area contributed by atoms with Crippen LogP contribution < -0.4 is 14.8 Å². The first kappa shape index (κ1) is 21.2. The van der Waals surface area contributed by atoms with Gasteiger partial charge in [-0.1, -0.05) is 0 Å². The summed E-state index contributed by atoms with van der Waals surface area (Å²) in [7, 11) is 1.67. The van der Waals surface area contributed by atoms with Crippen LogP contribution in [0.2, 0.25) is 0 Å². The molecule has 2 fully saturated rings. The molecule has 1 aromatic carbocycles. The third kappa shape index (κ3) is 4.33. The Kier molecular flexibility index (Phi) is 5.79. The van der Waals surface area contributed by atoms with Gasteiger partial charge in [-0.2, -0.15) is 0 Å². The van der Waals surface area contributed by atoms with E-state index in [0.29, 0.717) is 13.0 Å². The highest BCUT2D eigenvalue weighted by molar-refractivity contribution is 5.74. The van der Waals surface area contributed by atoms with Crippen LogP contribution in [0.4, 0.5) is 0 Å². The molecule has 0 aliphatic carbocycles. The highest BCUT2D eigenvalue weighted by Crippen LogP contribution is 2.40. The Balaban J connectivity index is 1.38. The zero-order chi connectivity index (χ0) is 21.4. The molecule has 7 nitrogen and oxygen atoms in total. The molecule has 1 aromatic rings. The molecule has 3 aliphatic heterocycles. The maximum Gasteiger partial charge on any atom is 0.217 e. The van der Waals surface area contributed by atoms with E-state index in [1.54, 1.807) is 7.11 Å². The van der Waals surface area contributed by atoms with Crippen molar-refractivity contribution in [3.05, 3.63) is 29.3 Å². The lowest BCUT2D eigenvalue weighted by atomic mass is 9.74. The van der Waals surface area contributed by atoms with E-state index < -0.39 is 11.6 Å². The fourth-order valence-electron chi connectivity index (χ4n) is 4.96. The zero-order valence-corrected chi connectivity index (χ0v) is 18.1. The molecule has 30 heavy (non-hydrogen) atoms. The predicted octanol–water partition coefficient (Wildman–Crippen LogP) is 1.98. The number of aliphatic hydroxyl groups is 1. The van der Waals surface area contributed by atoms with E-state index >= 15 is 0 Å². The minimum Gasteiger partial charge on any atom is -0.497 e. The summed E-state index contributed by atoms with van der Waals surface area (Å²) >= 11 is 0. The number of benzene rings is 1. The summed E-state index contributed by atoms with van der Waals surface area (Å²) in [4.78, 5) is 14.1. The summed E-state index contributed by atoms with van der Waals surface area (Å²) in [6.45, 7) is 6.96. The molecule has 2 saturated heterocycles. The third-order valence-electron chi connectivity index (χ3n) is 6.62. The quantitative estimate of drug-likeness (QED) is 0.781. The van der Waals surface area contributed by atoms with Crippen LogP contribution in [0.1, 0.15) is 38.7 Å². The van der Waals surface area contributed by atoms with E-state index in [4.69, 9.17) is 14.2 Å². The number of methoxy groups -OCH3 is 1. The van der Waals surface area contributed by atoms with Gasteiger partial charge in [-0.3, -0.25) is 9.69 Å². The largest absolute Gasteiger partial charge is 0.497 e. The van der Waals surface area contributed by atoms with Gasteiger partial charge in [-0.05, 0) is 49.6 Å². The average Bonchev–Trinajstić information content (AvgIpc) is 2.72. The van der Waals surface area contributed by atoms with Crippen molar-refractivity contribution in [2.24, 2.45) is 0 Å². The van der Waals surface area contributed by atoms with Gasteiger partial charge in [0.2, 0.25) is 5.91 Å². The first-order chi connectivity index (χ1) is 14.3. The van der Waals surface area contributed by atoms with Gasteiger partial charge in [0.1, 0.15) is 24.2 Å². The summed E-state index contributed by atoms with van der Waals surface area (Å²) < 4.78 is 17.4. The standard InChI is InChI=1S/C23H32N2O5/c1-16(26)24-22(2)15-23(30-14-21(22)27)6-8-25(9-7-23)12-17-10-18-11-19(28-3)4-5-20(18)29-13-17/h4-5,10-11,21,27H,6-9,12-15H2,1-3H3,(H,24,26)/t21-,22-/m0/s1. The van der Waals surface area contributed by atoms with Crippen LogP contribution in [-0.4, -0.2) is 73.1 Å². The molecule has 0 saturated carbocycles. The number of hydrogen-bond donors (Lipinski definition) is 2. The van der Waals surface area contributed by atoms with E-state index in [1.807, 2.05) is 25.1 Å². The SMILES string of the molecule is COc1ccc2c(c1)C=C(CN1CCC3(CC1)C[C@](C)(NC(C)=O)[C@@H](O)CO3)CO2. The summed E-state index contributed by atoms with van der Waals surface area (Å²) in [5, 5.41) is 13.4. The molecular formula is C23H32N2O5. The van der Waals surface area contributed by atoms with Crippen LogP contribution in [0, 0.1) is 0 Å². The third-order valence-corrected chi connectivity index (χ3v) is 6.62. The fourth-order valence-corrected chi connectivity index (χ4v) is 4.96. The number of nitrogens with zero attached hydrogens (tertiary/aromatic N) is 1. The van der Waals surface area contributed by atoms with Crippen molar-refractivity contribution in [3.8, 4) is 11.5 Å². The minimum absolute atomic E-state index is 0.118. The van der Waals surface area contributed by atoms with Gasteiger partial charge < -0.3 is 24.6 Å². The Morgan fingerprint density at radius 2 is 2.13 bits per heavy atom. The monoisotopic (exact) mass is 416 g/mol. The highest BCUT2D eigenvalue weighted by Gasteiger charge is 2.49. The van der Waals surface area contributed by atoms with Crippen molar-refractivity contribution in [1.82, 2.24) is 10.2 Å². The van der Waals surface area contributed by atoms with Gasteiger partial charge in [-0.25, -0.2) is 0 Å². The lowest BCUT2D eigenvalue weighted by Gasteiger charge is -2.52. The van der Waals surface area contributed by atoms with E-state index in [0.717, 1.165) is 49.5 Å². The number of carbonyl (C=O) groups excluding carboxylic acids is 1. The minimum atomic E-state index is -0.688. The Morgan fingerprint density at radius 3 is 2.83 bits per heavy atom. The number of likely N-dealkylation sites (tertiary alicyclic amines) is 1. The van der Waals surface area contributed by atoms with Gasteiger partial charge in [-0.15, -0.1) is 0 Å². The number of hydrogen-bond acceptors (Lipinski definition) is 6. The second kappa shape index (κ2) is 8.21. The molecule has 2 N–H and O–H groups in total. The second-order valence-electron chi connectivity index (χ2n) is 9.06. The molecular weight excluding hydrogens is 384 g/mol. The van der Waals surface area contributed by atoms with Crippen molar-refractivity contribution in [2.45, 2.75) is 50.4 Å². The molecule has 0 radical (unpaired) electrons. The molecule has 7 heteroatoms. The Bertz CT molecular complexity index is 831. The predicted molar refractivity (Wildman–Crippen MR) is 114 cm³/mol. The molecule has 0 aromatic heterocycles. The normalized spacial score (nSPS) is 28.3. The first-order valence-electron chi connectivity index (χ1n) is 10.6. The van der Waals surface area contributed by atoms with Crippen molar-refractivity contribution in [2.75, 3.05) is 40.0 Å². The number of amides is 1. The molecule has 164 valence electrons. The maximum absolute atomic E-state index is 11.6. The summed E-state index contributed by atoms with van der Waals surface area (Å²) in [6, 6.07) is 5.87. The number of aliphatic hydroxyl groups excluding tert-OH is 1. The van der Waals surface area contributed by atoms with Crippen LogP contribution in [0.5, 0.6) is 11.5 Å². The van der Waals surface area contributed by atoms with E-state index in [2.05, 4.69) is 16.3 Å². The fraction of sp³-hybridized carbons (Fsp3) is 0.609. The Labute approximate surface area is 178 Å². The van der Waals surface area contributed by atoms with Crippen LogP contribution in [0.25, 0.3) is 6.08 Å². The zero-order valence-electron chi connectivity index (χ0n) is 18.1. The first-order valence-corrected chi connectivity index (χ1v) is 10.6. The lowest BCUT2D eigenvalue weighted by molar-refractivity contribution is -0.180. The van der Waals surface area contributed by atoms with E-state index in [9.17, 15) is 9.90 Å². The second-order valence-corrected chi connectivity index (χ2v) is 9.06. The van der Waals surface area contributed by atoms with Crippen LogP contribution >= 0.6 is 0 Å². The number of nitrogens with one attached hydrogen (secondary N) is 1. The molecule has 1 amide bonds. The van der Waals surface area contributed by atoms with Crippen molar-refractivity contribution >= 4 is 12.0 Å². The number of rotatable bonds is 4. The van der Waals surface area contributed by atoms with Crippen LogP contribution in [0.15, 0.2) is 23.8 Å².